The van der Waals surface area contributed by atoms with Crippen molar-refractivity contribution in [3.63, 3.8) is 0 Å². The van der Waals surface area contributed by atoms with Crippen molar-refractivity contribution < 1.29 is 32.3 Å². The number of carboxylic acids is 1. The van der Waals surface area contributed by atoms with Crippen LogP contribution in [0, 0.1) is 12.7 Å². The second kappa shape index (κ2) is 4.63. The molecular formula is C10H7F4NO3. The molecule has 0 aliphatic heterocycles. The predicted molar refractivity (Wildman–Crippen MR) is 52.8 cm³/mol. The third-order valence-electron chi connectivity index (χ3n) is 2.10. The molecule has 0 atom stereocenters. The number of amides is 1. The predicted octanol–water partition coefficient (Wildman–Crippen LogP) is 2.33. The van der Waals surface area contributed by atoms with Crippen molar-refractivity contribution in [3.05, 3.63) is 29.1 Å². The number of hydrogen-bond acceptors (Lipinski definition) is 2. The number of benzene rings is 1. The Morgan fingerprint density at radius 2 is 1.83 bits per heavy atom. The van der Waals surface area contributed by atoms with Crippen molar-refractivity contribution in [1.29, 1.82) is 0 Å². The van der Waals surface area contributed by atoms with E-state index in [-0.39, 0.29) is 5.56 Å². The number of carbonyl (C=O) groups excluding carboxylic acids is 1. The van der Waals surface area contributed by atoms with E-state index >= 15 is 0 Å². The zero-order valence-corrected chi connectivity index (χ0v) is 8.93. The summed E-state index contributed by atoms with van der Waals surface area (Å²) in [7, 11) is 0. The minimum Gasteiger partial charge on any atom is -0.478 e. The summed E-state index contributed by atoms with van der Waals surface area (Å²) in [4.78, 5) is 21.3. The number of nitrogens with one attached hydrogen (secondary N) is 1. The van der Waals surface area contributed by atoms with Gasteiger partial charge in [-0.2, -0.15) is 13.2 Å². The molecule has 2 N–H and O–H groups in total. The van der Waals surface area contributed by atoms with Crippen LogP contribution in [0.5, 0.6) is 0 Å². The Morgan fingerprint density at radius 1 is 1.28 bits per heavy atom. The third-order valence-corrected chi connectivity index (χ3v) is 2.10. The van der Waals surface area contributed by atoms with Crippen molar-refractivity contribution in [2.75, 3.05) is 5.32 Å². The minimum absolute atomic E-state index is 0.280. The van der Waals surface area contributed by atoms with E-state index in [0.717, 1.165) is 13.0 Å². The Kier molecular flexibility index (Phi) is 3.59. The average Bonchev–Trinajstić information content (AvgIpc) is 2.22. The molecule has 4 nitrogen and oxygen atoms in total. The number of aromatic carboxylic acids is 1. The maximum absolute atomic E-state index is 13.3. The van der Waals surface area contributed by atoms with Gasteiger partial charge in [-0.25, -0.2) is 9.18 Å². The molecule has 1 aromatic rings. The molecule has 18 heavy (non-hydrogen) atoms. The first-order valence-corrected chi connectivity index (χ1v) is 4.54. The number of carbonyl (C=O) groups is 2. The van der Waals surface area contributed by atoms with E-state index in [2.05, 4.69) is 0 Å². The van der Waals surface area contributed by atoms with E-state index in [1.54, 1.807) is 0 Å². The first kappa shape index (κ1) is 13.9. The number of anilines is 1. The SMILES string of the molecule is Cc1c(F)cc(C(=O)O)cc1NC(=O)C(F)(F)F. The van der Waals surface area contributed by atoms with Crippen LogP contribution in [0.2, 0.25) is 0 Å². The Morgan fingerprint density at radius 3 is 2.28 bits per heavy atom. The van der Waals surface area contributed by atoms with E-state index < -0.39 is 35.1 Å². The van der Waals surface area contributed by atoms with Gasteiger partial charge in [0.25, 0.3) is 0 Å². The molecule has 0 saturated heterocycles. The van der Waals surface area contributed by atoms with E-state index in [4.69, 9.17) is 5.11 Å². The molecule has 0 radical (unpaired) electrons. The monoisotopic (exact) mass is 265 g/mol. The molecule has 98 valence electrons. The summed E-state index contributed by atoms with van der Waals surface area (Å²) < 4.78 is 49.3. The summed E-state index contributed by atoms with van der Waals surface area (Å²) in [6.07, 6.45) is -5.14. The fourth-order valence-corrected chi connectivity index (χ4v) is 1.13. The lowest BCUT2D eigenvalue weighted by atomic mass is 10.1. The third kappa shape index (κ3) is 2.96. The lowest BCUT2D eigenvalue weighted by Crippen LogP contribution is -2.30. The van der Waals surface area contributed by atoms with Crippen LogP contribution in [0.3, 0.4) is 0 Å². The number of rotatable bonds is 2. The number of carboxylic acid groups (broad SMARTS) is 1. The lowest BCUT2D eigenvalue weighted by Gasteiger charge is -2.11. The highest BCUT2D eigenvalue weighted by molar-refractivity contribution is 5.97. The molecule has 0 saturated carbocycles. The summed E-state index contributed by atoms with van der Waals surface area (Å²) in [5.74, 6) is -4.84. The molecule has 1 amide bonds. The van der Waals surface area contributed by atoms with Gasteiger partial charge in [0, 0.05) is 11.3 Å². The van der Waals surface area contributed by atoms with Crippen molar-refractivity contribution in [2.24, 2.45) is 0 Å². The number of halogens is 4. The first-order chi connectivity index (χ1) is 8.12. The van der Waals surface area contributed by atoms with Crippen LogP contribution in [-0.4, -0.2) is 23.2 Å². The molecule has 8 heteroatoms. The normalized spacial score (nSPS) is 11.2. The van der Waals surface area contributed by atoms with Gasteiger partial charge >= 0.3 is 18.1 Å². The quantitative estimate of drug-likeness (QED) is 0.806. The van der Waals surface area contributed by atoms with Gasteiger partial charge in [0.05, 0.1) is 5.56 Å². The van der Waals surface area contributed by atoms with E-state index in [0.29, 0.717) is 6.07 Å². The molecule has 0 aromatic heterocycles. The van der Waals surface area contributed by atoms with Crippen molar-refractivity contribution in [2.45, 2.75) is 13.1 Å². The Bertz CT molecular complexity index is 511. The second-order valence-corrected chi connectivity index (χ2v) is 3.39. The van der Waals surface area contributed by atoms with Gasteiger partial charge in [-0.05, 0) is 19.1 Å². The van der Waals surface area contributed by atoms with Crippen LogP contribution >= 0.6 is 0 Å². The van der Waals surface area contributed by atoms with Crippen LogP contribution in [0.1, 0.15) is 15.9 Å². The summed E-state index contributed by atoms with van der Waals surface area (Å²) in [5.41, 5.74) is -1.37. The molecule has 0 spiro atoms. The van der Waals surface area contributed by atoms with Crippen molar-refractivity contribution >= 4 is 17.6 Å². The molecule has 0 heterocycles. The van der Waals surface area contributed by atoms with Gasteiger partial charge in [0.2, 0.25) is 0 Å². The van der Waals surface area contributed by atoms with Gasteiger partial charge in [-0.1, -0.05) is 0 Å². The van der Waals surface area contributed by atoms with E-state index in [9.17, 15) is 27.2 Å². The van der Waals surface area contributed by atoms with Gasteiger partial charge in [-0.15, -0.1) is 0 Å². The summed E-state index contributed by atoms with van der Waals surface area (Å²) in [5, 5.41) is 10.0. The highest BCUT2D eigenvalue weighted by Gasteiger charge is 2.39. The molecule has 0 bridgehead atoms. The number of alkyl halides is 3. The smallest absolute Gasteiger partial charge is 0.471 e. The molecule has 1 aromatic carbocycles. The number of hydrogen-bond donors (Lipinski definition) is 2. The van der Waals surface area contributed by atoms with Crippen LogP contribution in [0.4, 0.5) is 23.2 Å². The van der Waals surface area contributed by atoms with Gasteiger partial charge < -0.3 is 10.4 Å². The average molecular weight is 265 g/mol. The zero-order chi connectivity index (χ0) is 14.1. The molecule has 0 aliphatic carbocycles. The van der Waals surface area contributed by atoms with E-state index in [1.165, 1.54) is 5.32 Å². The molecule has 0 aliphatic rings. The van der Waals surface area contributed by atoms with Crippen LogP contribution in [0.25, 0.3) is 0 Å². The van der Waals surface area contributed by atoms with Crippen molar-refractivity contribution in [1.82, 2.24) is 0 Å². The zero-order valence-electron chi connectivity index (χ0n) is 8.93. The van der Waals surface area contributed by atoms with Gasteiger partial charge in [-0.3, -0.25) is 4.79 Å². The summed E-state index contributed by atoms with van der Waals surface area (Å²) in [6.45, 7) is 1.12. The fraction of sp³-hybridized carbons (Fsp3) is 0.200. The largest absolute Gasteiger partial charge is 0.478 e. The Hall–Kier alpha value is -2.12. The fourth-order valence-electron chi connectivity index (χ4n) is 1.13. The Labute approximate surface area is 98.2 Å². The molecule has 1 rings (SSSR count). The highest BCUT2D eigenvalue weighted by atomic mass is 19.4. The second-order valence-electron chi connectivity index (χ2n) is 3.39. The van der Waals surface area contributed by atoms with Crippen molar-refractivity contribution in [3.8, 4) is 0 Å². The lowest BCUT2D eigenvalue weighted by molar-refractivity contribution is -0.167. The summed E-state index contributed by atoms with van der Waals surface area (Å²) in [6, 6.07) is 1.41. The topological polar surface area (TPSA) is 66.4 Å². The minimum atomic E-state index is -5.14. The Balaban J connectivity index is 3.17. The maximum Gasteiger partial charge on any atom is 0.471 e. The maximum atomic E-state index is 13.3. The molecule has 0 unspecified atom stereocenters. The first-order valence-electron chi connectivity index (χ1n) is 4.54. The standard InChI is InChI=1S/C10H7F4NO3/c1-4-6(11)2-5(8(16)17)3-7(4)15-9(18)10(12,13)14/h2-3H,1H3,(H,15,18)(H,16,17). The molecular weight excluding hydrogens is 258 g/mol. The summed E-state index contributed by atoms with van der Waals surface area (Å²) >= 11 is 0. The van der Waals surface area contributed by atoms with Gasteiger partial charge in [0.15, 0.2) is 0 Å². The van der Waals surface area contributed by atoms with Gasteiger partial charge in [0.1, 0.15) is 5.82 Å². The highest BCUT2D eigenvalue weighted by Crippen LogP contribution is 2.24. The van der Waals surface area contributed by atoms with E-state index in [1.807, 2.05) is 0 Å². The van der Waals surface area contributed by atoms with Crippen LogP contribution < -0.4 is 5.32 Å². The molecule has 0 fully saturated rings. The van der Waals surface area contributed by atoms with Crippen LogP contribution in [-0.2, 0) is 4.79 Å². The van der Waals surface area contributed by atoms with Crippen LogP contribution in [0.15, 0.2) is 12.1 Å².